The van der Waals surface area contributed by atoms with Crippen molar-refractivity contribution < 1.29 is 9.90 Å². The fourth-order valence-corrected chi connectivity index (χ4v) is 1.59. The number of nitrogens with zero attached hydrogens (tertiary/aromatic N) is 4. The number of aromatic nitrogens is 5. The van der Waals surface area contributed by atoms with E-state index in [0.29, 0.717) is 17.0 Å². The van der Waals surface area contributed by atoms with Crippen molar-refractivity contribution in [2.45, 2.75) is 0 Å². The lowest BCUT2D eigenvalue weighted by atomic mass is 10.3. The molecule has 7 heteroatoms. The highest BCUT2D eigenvalue weighted by atomic mass is 16.4. The molecule has 17 heavy (non-hydrogen) atoms. The summed E-state index contributed by atoms with van der Waals surface area (Å²) in [4.78, 5) is 18.8. The van der Waals surface area contributed by atoms with Gasteiger partial charge in [-0.3, -0.25) is 14.5 Å². The molecule has 0 fully saturated rings. The van der Waals surface area contributed by atoms with Gasteiger partial charge in [0.2, 0.25) is 0 Å². The number of fused-ring (bicyclic) bond motifs is 1. The van der Waals surface area contributed by atoms with Crippen LogP contribution in [0.5, 0.6) is 0 Å². The van der Waals surface area contributed by atoms with E-state index in [1.807, 2.05) is 0 Å². The minimum Gasteiger partial charge on any atom is -0.477 e. The molecule has 0 unspecified atom stereocenters. The van der Waals surface area contributed by atoms with Gasteiger partial charge in [0.05, 0.1) is 18.1 Å². The van der Waals surface area contributed by atoms with E-state index in [1.54, 1.807) is 29.2 Å². The zero-order valence-electron chi connectivity index (χ0n) is 8.53. The maximum atomic E-state index is 10.7. The zero-order chi connectivity index (χ0) is 11.8. The number of carboxylic acids is 1. The van der Waals surface area contributed by atoms with Gasteiger partial charge in [0.1, 0.15) is 11.4 Å². The van der Waals surface area contributed by atoms with Gasteiger partial charge in [-0.25, -0.2) is 9.78 Å². The van der Waals surface area contributed by atoms with Gasteiger partial charge in [0, 0.05) is 18.5 Å². The van der Waals surface area contributed by atoms with Gasteiger partial charge >= 0.3 is 5.97 Å². The van der Waals surface area contributed by atoms with E-state index in [9.17, 15) is 4.79 Å². The zero-order valence-corrected chi connectivity index (χ0v) is 8.53. The van der Waals surface area contributed by atoms with Gasteiger partial charge in [0.25, 0.3) is 0 Å². The molecule has 0 aliphatic carbocycles. The molecule has 0 aromatic carbocycles. The lowest BCUT2D eigenvalue weighted by molar-refractivity contribution is 0.0690. The average Bonchev–Trinajstić information content (AvgIpc) is 2.95. The fourth-order valence-electron chi connectivity index (χ4n) is 1.59. The molecule has 3 rings (SSSR count). The molecule has 7 nitrogen and oxygen atoms in total. The summed E-state index contributed by atoms with van der Waals surface area (Å²) in [5.74, 6) is -1.04. The first-order valence-corrected chi connectivity index (χ1v) is 4.82. The Morgan fingerprint density at radius 1 is 1.41 bits per heavy atom. The first-order valence-electron chi connectivity index (χ1n) is 4.82. The number of aromatic amines is 1. The molecular weight excluding hydrogens is 222 g/mol. The number of H-pyrrole nitrogens is 1. The number of nitrogens with one attached hydrogen (secondary N) is 1. The van der Waals surface area contributed by atoms with E-state index in [4.69, 9.17) is 5.11 Å². The third kappa shape index (κ3) is 1.44. The van der Waals surface area contributed by atoms with Crippen molar-refractivity contribution in [2.75, 3.05) is 0 Å². The SMILES string of the molecule is O=C(O)c1cc(-c2cnc3cnccn23)n[nH]1. The number of carboxylic acid groups (broad SMARTS) is 1. The summed E-state index contributed by atoms with van der Waals surface area (Å²) < 4.78 is 1.79. The summed E-state index contributed by atoms with van der Waals surface area (Å²) in [6.45, 7) is 0. The largest absolute Gasteiger partial charge is 0.477 e. The van der Waals surface area contributed by atoms with Crippen molar-refractivity contribution in [3.8, 4) is 11.4 Å². The van der Waals surface area contributed by atoms with E-state index in [2.05, 4.69) is 20.2 Å². The first-order chi connectivity index (χ1) is 8.25. The smallest absolute Gasteiger partial charge is 0.353 e. The molecule has 0 spiro atoms. The van der Waals surface area contributed by atoms with Crippen molar-refractivity contribution >= 4 is 11.6 Å². The van der Waals surface area contributed by atoms with Crippen LogP contribution in [0.25, 0.3) is 17.0 Å². The Hall–Kier alpha value is -2.70. The van der Waals surface area contributed by atoms with Gasteiger partial charge < -0.3 is 5.11 Å². The van der Waals surface area contributed by atoms with Crippen molar-refractivity contribution in [3.05, 3.63) is 36.5 Å². The first kappa shape index (κ1) is 9.52. The highest BCUT2D eigenvalue weighted by Gasteiger charge is 2.12. The van der Waals surface area contributed by atoms with Crippen LogP contribution in [0.4, 0.5) is 0 Å². The fraction of sp³-hybridized carbons (Fsp3) is 0. The molecular formula is C10H7N5O2. The topological polar surface area (TPSA) is 96.2 Å². The Kier molecular flexibility index (Phi) is 1.91. The second-order valence-electron chi connectivity index (χ2n) is 3.42. The summed E-state index contributed by atoms with van der Waals surface area (Å²) in [5, 5.41) is 15.2. The molecule has 3 aromatic rings. The quantitative estimate of drug-likeness (QED) is 0.678. The van der Waals surface area contributed by atoms with Crippen molar-refractivity contribution in [1.82, 2.24) is 24.6 Å². The summed E-state index contributed by atoms with van der Waals surface area (Å²) >= 11 is 0. The van der Waals surface area contributed by atoms with Gasteiger partial charge in [-0.05, 0) is 0 Å². The van der Waals surface area contributed by atoms with E-state index < -0.39 is 5.97 Å². The molecule has 84 valence electrons. The van der Waals surface area contributed by atoms with Crippen LogP contribution in [0, 0.1) is 0 Å². The highest BCUT2D eigenvalue weighted by molar-refractivity contribution is 5.86. The van der Waals surface area contributed by atoms with E-state index >= 15 is 0 Å². The number of imidazole rings is 1. The Balaban J connectivity index is 2.17. The third-order valence-corrected chi connectivity index (χ3v) is 2.39. The third-order valence-electron chi connectivity index (χ3n) is 2.39. The summed E-state index contributed by atoms with van der Waals surface area (Å²) in [7, 11) is 0. The molecule has 3 heterocycles. The van der Waals surface area contributed by atoms with Crippen LogP contribution in [0.3, 0.4) is 0 Å². The van der Waals surface area contributed by atoms with Crippen LogP contribution >= 0.6 is 0 Å². The van der Waals surface area contributed by atoms with Gasteiger partial charge in [0.15, 0.2) is 5.65 Å². The van der Waals surface area contributed by atoms with Crippen LogP contribution < -0.4 is 0 Å². The van der Waals surface area contributed by atoms with E-state index in [0.717, 1.165) is 0 Å². The Morgan fingerprint density at radius 2 is 2.29 bits per heavy atom. The van der Waals surface area contributed by atoms with Crippen molar-refractivity contribution in [1.29, 1.82) is 0 Å². The minimum atomic E-state index is -1.04. The molecule has 0 aliphatic rings. The predicted molar refractivity (Wildman–Crippen MR) is 57.5 cm³/mol. The van der Waals surface area contributed by atoms with Crippen molar-refractivity contribution in [2.24, 2.45) is 0 Å². The molecule has 0 bridgehead atoms. The Labute approximate surface area is 94.8 Å². The lowest BCUT2D eigenvalue weighted by Crippen LogP contribution is -1.95. The molecule has 0 aliphatic heterocycles. The van der Waals surface area contributed by atoms with Gasteiger partial charge in [-0.2, -0.15) is 5.10 Å². The van der Waals surface area contributed by atoms with Crippen molar-refractivity contribution in [3.63, 3.8) is 0 Å². The average molecular weight is 229 g/mol. The maximum absolute atomic E-state index is 10.7. The molecule has 3 aromatic heterocycles. The molecule has 0 amide bonds. The second-order valence-corrected chi connectivity index (χ2v) is 3.42. The standard InChI is InChI=1S/C10H7N5O2/c16-10(17)7-3-6(13-14-7)8-4-12-9-5-11-1-2-15(8)9/h1-5H,(H,13,14)(H,16,17). The van der Waals surface area contributed by atoms with Gasteiger partial charge in [-0.1, -0.05) is 0 Å². The number of hydrogen-bond acceptors (Lipinski definition) is 4. The summed E-state index contributed by atoms with van der Waals surface area (Å²) in [6.07, 6.45) is 6.61. The Bertz CT molecular complexity index is 699. The highest BCUT2D eigenvalue weighted by Crippen LogP contribution is 2.18. The summed E-state index contributed by atoms with van der Waals surface area (Å²) in [6, 6.07) is 1.46. The molecule has 0 radical (unpaired) electrons. The number of hydrogen-bond donors (Lipinski definition) is 2. The van der Waals surface area contributed by atoms with Crippen LogP contribution in [-0.4, -0.2) is 35.6 Å². The molecule has 0 saturated carbocycles. The summed E-state index contributed by atoms with van der Waals surface area (Å²) in [5.41, 5.74) is 1.97. The second kappa shape index (κ2) is 3.41. The van der Waals surface area contributed by atoms with Crippen LogP contribution in [-0.2, 0) is 0 Å². The maximum Gasteiger partial charge on any atom is 0.353 e. The number of aromatic carboxylic acids is 1. The van der Waals surface area contributed by atoms with Crippen LogP contribution in [0.1, 0.15) is 10.5 Å². The molecule has 0 saturated heterocycles. The minimum absolute atomic E-state index is 0.0454. The Morgan fingerprint density at radius 3 is 3.06 bits per heavy atom. The normalized spacial score (nSPS) is 10.8. The monoisotopic (exact) mass is 229 g/mol. The number of carbonyl (C=O) groups is 1. The van der Waals surface area contributed by atoms with Gasteiger partial charge in [-0.15, -0.1) is 0 Å². The molecule has 0 atom stereocenters. The number of rotatable bonds is 2. The predicted octanol–water partition coefficient (Wildman–Crippen LogP) is 0.818. The van der Waals surface area contributed by atoms with E-state index in [-0.39, 0.29) is 5.69 Å². The molecule has 2 N–H and O–H groups in total. The van der Waals surface area contributed by atoms with Crippen LogP contribution in [0.2, 0.25) is 0 Å². The van der Waals surface area contributed by atoms with Crippen LogP contribution in [0.15, 0.2) is 30.9 Å². The van der Waals surface area contributed by atoms with E-state index in [1.165, 1.54) is 6.07 Å². The lowest BCUT2D eigenvalue weighted by Gasteiger charge is -1.95.